The fraction of sp³-hybridized carbons (Fsp3) is 0.391. The maximum atomic E-state index is 5.89. The summed E-state index contributed by atoms with van der Waals surface area (Å²) in [5.74, 6) is 3.63. The Bertz CT molecular complexity index is 807. The van der Waals surface area contributed by atoms with E-state index >= 15 is 0 Å². The van der Waals surface area contributed by atoms with E-state index in [9.17, 15) is 0 Å². The van der Waals surface area contributed by atoms with Crippen molar-refractivity contribution in [1.29, 1.82) is 0 Å². The lowest BCUT2D eigenvalue weighted by molar-refractivity contribution is 0.230. The molecule has 2 rings (SSSR count). The van der Waals surface area contributed by atoms with Crippen LogP contribution in [0.1, 0.15) is 20.3 Å². The van der Waals surface area contributed by atoms with Gasteiger partial charge >= 0.3 is 0 Å². The summed E-state index contributed by atoms with van der Waals surface area (Å²) in [4.78, 5) is 0. The summed E-state index contributed by atoms with van der Waals surface area (Å²) in [6.07, 6.45) is 2.35. The first-order valence-corrected chi connectivity index (χ1v) is 10.6. The van der Waals surface area contributed by atoms with Crippen molar-refractivity contribution in [3.63, 3.8) is 0 Å². The first-order chi connectivity index (χ1) is 14.9. The zero-order chi connectivity index (χ0) is 22.6. The highest BCUT2D eigenvalue weighted by molar-refractivity contribution is 6.55. The number of benzene rings is 2. The van der Waals surface area contributed by atoms with E-state index in [0.717, 1.165) is 11.5 Å². The number of methoxy groups -OCH3 is 2. The zero-order valence-corrected chi connectivity index (χ0v) is 19.7. The molecule has 0 aliphatic carbocycles. The van der Waals surface area contributed by atoms with E-state index in [1.807, 2.05) is 38.1 Å². The number of halogens is 2. The van der Waals surface area contributed by atoms with Crippen LogP contribution in [0, 0.1) is 0 Å². The summed E-state index contributed by atoms with van der Waals surface area (Å²) < 4.78 is 33.8. The van der Waals surface area contributed by atoms with E-state index in [1.165, 1.54) is 6.08 Å². The fourth-order valence-corrected chi connectivity index (χ4v) is 2.72. The van der Waals surface area contributed by atoms with Crippen LogP contribution in [-0.4, -0.2) is 40.1 Å². The van der Waals surface area contributed by atoms with Gasteiger partial charge in [-0.05, 0) is 44.2 Å². The van der Waals surface area contributed by atoms with Crippen molar-refractivity contribution >= 4 is 23.2 Å². The molecule has 0 N–H and O–H groups in total. The summed E-state index contributed by atoms with van der Waals surface area (Å²) >= 11 is 11.2. The molecule has 0 aliphatic rings. The second-order valence-electron chi connectivity index (χ2n) is 6.65. The maximum Gasteiger partial charge on any atom is 0.203 e. The molecule has 8 heteroatoms. The lowest BCUT2D eigenvalue weighted by Gasteiger charge is -2.16. The highest BCUT2D eigenvalue weighted by Gasteiger charge is 2.15. The Morgan fingerprint density at radius 3 is 1.97 bits per heavy atom. The second kappa shape index (κ2) is 13.1. The van der Waals surface area contributed by atoms with E-state index in [2.05, 4.69) is 0 Å². The minimum absolute atomic E-state index is 0.138. The lowest BCUT2D eigenvalue weighted by Crippen LogP contribution is -2.07. The van der Waals surface area contributed by atoms with Gasteiger partial charge in [-0.1, -0.05) is 23.2 Å². The Morgan fingerprint density at radius 1 is 0.839 bits per heavy atom. The molecular formula is C23H28Cl2O6. The predicted octanol–water partition coefficient (Wildman–Crippen LogP) is 6.04. The van der Waals surface area contributed by atoms with Gasteiger partial charge in [0.2, 0.25) is 5.75 Å². The van der Waals surface area contributed by atoms with E-state index in [4.69, 9.17) is 51.6 Å². The molecule has 2 aromatic carbocycles. The average Bonchev–Trinajstić information content (AvgIpc) is 2.74. The molecule has 0 fully saturated rings. The summed E-state index contributed by atoms with van der Waals surface area (Å²) in [5.41, 5.74) is 0. The van der Waals surface area contributed by atoms with Gasteiger partial charge in [-0.2, -0.15) is 0 Å². The van der Waals surface area contributed by atoms with E-state index in [0.29, 0.717) is 42.6 Å². The van der Waals surface area contributed by atoms with Gasteiger partial charge in [-0.15, -0.1) is 0 Å². The molecule has 0 amide bonds. The van der Waals surface area contributed by atoms with Crippen LogP contribution in [-0.2, 0) is 0 Å². The fourth-order valence-electron chi connectivity index (χ4n) is 2.59. The molecule has 0 heterocycles. The third kappa shape index (κ3) is 8.67. The van der Waals surface area contributed by atoms with Gasteiger partial charge in [0.1, 0.15) is 28.3 Å². The minimum Gasteiger partial charge on any atom is -0.493 e. The standard InChI is InChI=1S/C23H28Cl2O6/c1-16(2)31-18-8-6-17(7-9-18)28-11-5-12-30-23-20(26-3)14-19(15-21(23)27-4)29-13-10-22(24)25/h6-10,14-16H,5,11-13H2,1-4H3. The van der Waals surface area contributed by atoms with Gasteiger partial charge in [-0.3, -0.25) is 0 Å². The van der Waals surface area contributed by atoms with E-state index < -0.39 is 0 Å². The van der Waals surface area contributed by atoms with Crippen LogP contribution in [0.15, 0.2) is 47.0 Å². The maximum absolute atomic E-state index is 5.89. The molecule has 0 bridgehead atoms. The van der Waals surface area contributed by atoms with Gasteiger partial charge in [-0.25, -0.2) is 0 Å². The smallest absolute Gasteiger partial charge is 0.203 e. The summed E-state index contributed by atoms with van der Waals surface area (Å²) in [7, 11) is 3.10. The Hall–Kier alpha value is -2.44. The second-order valence-corrected chi connectivity index (χ2v) is 7.66. The van der Waals surface area contributed by atoms with Crippen molar-refractivity contribution in [2.24, 2.45) is 0 Å². The summed E-state index contributed by atoms with van der Waals surface area (Å²) in [6, 6.07) is 11.0. The summed E-state index contributed by atoms with van der Waals surface area (Å²) in [5, 5.41) is 0. The largest absolute Gasteiger partial charge is 0.493 e. The molecule has 0 saturated carbocycles. The van der Waals surface area contributed by atoms with Gasteiger partial charge < -0.3 is 28.4 Å². The SMILES string of the molecule is COc1cc(OCC=C(Cl)Cl)cc(OC)c1OCCCOc1ccc(OC(C)C)cc1. The third-order valence-corrected chi connectivity index (χ3v) is 4.23. The highest BCUT2D eigenvalue weighted by atomic mass is 35.5. The van der Waals surface area contributed by atoms with Gasteiger partial charge in [0, 0.05) is 18.6 Å². The van der Waals surface area contributed by atoms with Crippen LogP contribution in [0.2, 0.25) is 0 Å². The van der Waals surface area contributed by atoms with E-state index in [-0.39, 0.29) is 17.2 Å². The first-order valence-electron chi connectivity index (χ1n) is 9.85. The van der Waals surface area contributed by atoms with Gasteiger partial charge in [0.25, 0.3) is 0 Å². The molecule has 0 saturated heterocycles. The molecule has 0 aromatic heterocycles. The monoisotopic (exact) mass is 470 g/mol. The normalized spacial score (nSPS) is 10.4. The molecule has 0 aliphatic heterocycles. The molecule has 6 nitrogen and oxygen atoms in total. The number of rotatable bonds is 13. The molecule has 0 unspecified atom stereocenters. The van der Waals surface area contributed by atoms with Crippen molar-refractivity contribution < 1.29 is 28.4 Å². The van der Waals surface area contributed by atoms with E-state index in [1.54, 1.807) is 26.4 Å². The molecular weight excluding hydrogens is 443 g/mol. The number of ether oxygens (including phenoxy) is 6. The summed E-state index contributed by atoms with van der Waals surface area (Å²) in [6.45, 7) is 5.12. The molecule has 0 atom stereocenters. The van der Waals surface area contributed by atoms with Crippen LogP contribution in [0.3, 0.4) is 0 Å². The molecule has 170 valence electrons. The van der Waals surface area contributed by atoms with Gasteiger partial charge in [0.15, 0.2) is 11.5 Å². The Labute approximate surface area is 193 Å². The number of hydrogen-bond acceptors (Lipinski definition) is 6. The average molecular weight is 471 g/mol. The Balaban J connectivity index is 1.87. The molecule has 2 aromatic rings. The van der Waals surface area contributed by atoms with Crippen LogP contribution >= 0.6 is 23.2 Å². The van der Waals surface area contributed by atoms with Crippen molar-refractivity contribution in [2.45, 2.75) is 26.4 Å². The number of hydrogen-bond donors (Lipinski definition) is 0. The Kier molecular flexibility index (Phi) is 10.5. The highest BCUT2D eigenvalue weighted by Crippen LogP contribution is 2.41. The lowest BCUT2D eigenvalue weighted by atomic mass is 10.2. The zero-order valence-electron chi connectivity index (χ0n) is 18.2. The minimum atomic E-state index is 0.138. The van der Waals surface area contributed by atoms with Crippen LogP contribution in [0.5, 0.6) is 34.5 Å². The first kappa shape index (κ1) is 24.8. The topological polar surface area (TPSA) is 55.4 Å². The van der Waals surface area contributed by atoms with Crippen molar-refractivity contribution in [2.75, 3.05) is 34.0 Å². The quantitative estimate of drug-likeness (QED) is 0.332. The predicted molar refractivity (Wildman–Crippen MR) is 123 cm³/mol. The van der Waals surface area contributed by atoms with Crippen molar-refractivity contribution in [3.8, 4) is 34.5 Å². The van der Waals surface area contributed by atoms with Gasteiger partial charge in [0.05, 0.1) is 33.5 Å². The van der Waals surface area contributed by atoms with Crippen LogP contribution in [0.25, 0.3) is 0 Å². The molecule has 0 radical (unpaired) electrons. The van der Waals surface area contributed by atoms with Crippen molar-refractivity contribution in [1.82, 2.24) is 0 Å². The van der Waals surface area contributed by atoms with Crippen molar-refractivity contribution in [3.05, 3.63) is 47.0 Å². The van der Waals surface area contributed by atoms with Crippen LogP contribution < -0.4 is 28.4 Å². The Morgan fingerprint density at radius 2 is 1.42 bits per heavy atom. The molecule has 31 heavy (non-hydrogen) atoms. The molecule has 0 spiro atoms. The third-order valence-electron chi connectivity index (χ3n) is 3.92. The van der Waals surface area contributed by atoms with Crippen LogP contribution in [0.4, 0.5) is 0 Å².